The van der Waals surface area contributed by atoms with Crippen LogP contribution in [0.3, 0.4) is 0 Å². The van der Waals surface area contributed by atoms with Gasteiger partial charge in [-0.25, -0.2) is 9.97 Å². The number of para-hydroxylation sites is 3. The Bertz CT molecular complexity index is 2710. The number of aryl methyl sites for hydroxylation is 1. The number of benzene rings is 5. The number of nitrogens with zero attached hydrogens (tertiary/aromatic N) is 4. The van der Waals surface area contributed by atoms with Crippen LogP contribution in [0.1, 0.15) is 18.2 Å². The van der Waals surface area contributed by atoms with Gasteiger partial charge >= 0.3 is 0 Å². The number of rotatable bonds is 5. The van der Waals surface area contributed by atoms with Crippen LogP contribution in [-0.4, -0.2) is 19.1 Å². The Labute approximate surface area is 278 Å². The first-order chi connectivity index (χ1) is 23.7. The molecule has 0 aliphatic heterocycles. The molecule has 0 atom stereocenters. The number of hydrogen-bond acceptors (Lipinski definition) is 2. The fourth-order valence-corrected chi connectivity index (χ4v) is 7.54. The highest BCUT2D eigenvalue weighted by atomic mass is 15.0. The zero-order chi connectivity index (χ0) is 32.4. The van der Waals surface area contributed by atoms with E-state index >= 15 is 0 Å². The van der Waals surface area contributed by atoms with Crippen molar-refractivity contribution < 1.29 is 0 Å². The van der Waals surface area contributed by atoms with Gasteiger partial charge in [-0.15, -0.1) is 0 Å². The largest absolute Gasteiger partial charge is 0.342 e. The van der Waals surface area contributed by atoms with Gasteiger partial charge in [-0.3, -0.25) is 0 Å². The minimum absolute atomic E-state index is 0.910. The molecule has 0 N–H and O–H groups in total. The SMILES string of the molecule is C=Cc1c(/C=C\C)c2ccc3c4ccccc4n(-c4cc(-c5ccccc5)nc(-c5c6ccccc6nc6ccccc56)c4)c3c2n1C. The summed E-state index contributed by atoms with van der Waals surface area (Å²) in [6.07, 6.45) is 6.26. The molecule has 0 radical (unpaired) electrons. The van der Waals surface area contributed by atoms with E-state index < -0.39 is 0 Å². The van der Waals surface area contributed by atoms with Gasteiger partial charge in [0.2, 0.25) is 0 Å². The van der Waals surface area contributed by atoms with Crippen molar-refractivity contribution in [2.75, 3.05) is 0 Å². The lowest BCUT2D eigenvalue weighted by Gasteiger charge is -2.16. The molecule has 5 aromatic carbocycles. The second-order valence-electron chi connectivity index (χ2n) is 12.3. The second kappa shape index (κ2) is 10.9. The van der Waals surface area contributed by atoms with Crippen molar-refractivity contribution in [3.8, 4) is 28.2 Å². The lowest BCUT2D eigenvalue weighted by atomic mass is 9.98. The van der Waals surface area contributed by atoms with Gasteiger partial charge in [0.05, 0.1) is 44.7 Å². The summed E-state index contributed by atoms with van der Waals surface area (Å²) < 4.78 is 4.72. The first-order valence-corrected chi connectivity index (χ1v) is 16.3. The quantitative estimate of drug-likeness (QED) is 0.180. The zero-order valence-electron chi connectivity index (χ0n) is 26.9. The summed E-state index contributed by atoms with van der Waals surface area (Å²) in [6, 6.07) is 45.0. The molecular weight excluding hydrogens is 585 g/mol. The summed E-state index contributed by atoms with van der Waals surface area (Å²) in [4.78, 5) is 10.4. The van der Waals surface area contributed by atoms with Gasteiger partial charge in [0.25, 0.3) is 0 Å². The first-order valence-electron chi connectivity index (χ1n) is 16.3. The third-order valence-electron chi connectivity index (χ3n) is 9.58. The predicted octanol–water partition coefficient (Wildman–Crippen LogP) is 11.4. The molecule has 4 heteroatoms. The van der Waals surface area contributed by atoms with Crippen molar-refractivity contribution in [3.63, 3.8) is 0 Å². The molecule has 0 spiro atoms. The van der Waals surface area contributed by atoms with Gasteiger partial charge < -0.3 is 9.13 Å². The highest BCUT2D eigenvalue weighted by molar-refractivity contribution is 6.19. The van der Waals surface area contributed by atoms with E-state index in [0.29, 0.717) is 0 Å². The number of fused-ring (bicyclic) bond motifs is 7. The van der Waals surface area contributed by atoms with E-state index in [2.05, 4.69) is 169 Å². The Morgan fingerprint density at radius 1 is 0.604 bits per heavy atom. The Morgan fingerprint density at radius 3 is 1.94 bits per heavy atom. The van der Waals surface area contributed by atoms with Gasteiger partial charge in [0, 0.05) is 56.4 Å². The smallest absolute Gasteiger partial charge is 0.0785 e. The van der Waals surface area contributed by atoms with Crippen LogP contribution in [-0.2, 0) is 7.05 Å². The van der Waals surface area contributed by atoms with Gasteiger partial charge in [-0.2, -0.15) is 0 Å². The zero-order valence-corrected chi connectivity index (χ0v) is 26.9. The Hall–Kier alpha value is -6.26. The number of hydrogen-bond donors (Lipinski definition) is 0. The molecule has 4 aromatic heterocycles. The second-order valence-corrected chi connectivity index (χ2v) is 12.3. The average Bonchev–Trinajstić information content (AvgIpc) is 3.61. The first kappa shape index (κ1) is 28.0. The van der Waals surface area contributed by atoms with E-state index in [1.54, 1.807) is 0 Å². The highest BCUT2D eigenvalue weighted by Gasteiger charge is 2.22. The lowest BCUT2D eigenvalue weighted by molar-refractivity contribution is 0.953. The molecule has 4 heterocycles. The van der Waals surface area contributed by atoms with E-state index in [1.807, 2.05) is 6.08 Å². The molecule has 0 fully saturated rings. The van der Waals surface area contributed by atoms with Crippen LogP contribution in [0.2, 0.25) is 0 Å². The summed E-state index contributed by atoms with van der Waals surface area (Å²) in [5, 5.41) is 5.78. The summed E-state index contributed by atoms with van der Waals surface area (Å²) >= 11 is 0. The topological polar surface area (TPSA) is 35.6 Å². The maximum Gasteiger partial charge on any atom is 0.0785 e. The van der Waals surface area contributed by atoms with Crippen LogP contribution in [0.4, 0.5) is 0 Å². The van der Waals surface area contributed by atoms with Crippen molar-refractivity contribution in [1.82, 2.24) is 19.1 Å². The Balaban J connectivity index is 1.47. The molecule has 0 saturated heterocycles. The summed E-state index contributed by atoms with van der Waals surface area (Å²) in [5.41, 5.74) is 12.7. The van der Waals surface area contributed by atoms with Crippen LogP contribution >= 0.6 is 0 Å². The maximum absolute atomic E-state index is 5.41. The molecule has 4 nitrogen and oxygen atoms in total. The molecule has 0 aliphatic carbocycles. The Kier molecular flexibility index (Phi) is 6.37. The summed E-state index contributed by atoms with van der Waals surface area (Å²) in [7, 11) is 2.15. The minimum Gasteiger partial charge on any atom is -0.342 e. The third kappa shape index (κ3) is 4.09. The summed E-state index contributed by atoms with van der Waals surface area (Å²) in [6.45, 7) is 6.27. The molecule has 0 aliphatic rings. The highest BCUT2D eigenvalue weighted by Crippen LogP contribution is 2.42. The minimum atomic E-state index is 0.910. The van der Waals surface area contributed by atoms with Crippen LogP contribution in [0, 0.1) is 0 Å². The van der Waals surface area contributed by atoms with E-state index in [4.69, 9.17) is 9.97 Å². The van der Waals surface area contributed by atoms with Crippen LogP contribution in [0.15, 0.2) is 140 Å². The standard InChI is InChI=1S/C44H32N4/c1-4-15-30-32-24-25-33-31-18-11-14-23-41(31)48(44(33)43(32)47(3)40(30)5-2)29-26-38(28-16-7-6-8-17-28)46-39(27-29)42-34-19-9-12-21-36(34)45-37-22-13-10-20-35(37)42/h4-27H,2H2,1,3H3/b15-4-. The number of allylic oxidation sites excluding steroid dienone is 1. The van der Waals surface area contributed by atoms with E-state index in [9.17, 15) is 0 Å². The normalized spacial score (nSPS) is 12.0. The van der Waals surface area contributed by atoms with Crippen LogP contribution < -0.4 is 0 Å². The molecule has 228 valence electrons. The molecule has 9 rings (SSSR count). The van der Waals surface area contributed by atoms with E-state index in [-0.39, 0.29) is 0 Å². The molecule has 0 unspecified atom stereocenters. The fraction of sp³-hybridized carbons (Fsp3) is 0.0455. The third-order valence-corrected chi connectivity index (χ3v) is 9.58. The predicted molar refractivity (Wildman–Crippen MR) is 204 cm³/mol. The van der Waals surface area contributed by atoms with Crippen molar-refractivity contribution in [2.24, 2.45) is 7.05 Å². The molecule has 0 saturated carbocycles. The average molecular weight is 617 g/mol. The molecule has 0 bridgehead atoms. The van der Waals surface area contributed by atoms with Crippen molar-refractivity contribution in [1.29, 1.82) is 0 Å². The fourth-order valence-electron chi connectivity index (χ4n) is 7.54. The molecule has 0 amide bonds. The van der Waals surface area contributed by atoms with E-state index in [0.717, 1.165) is 66.7 Å². The van der Waals surface area contributed by atoms with Gasteiger partial charge in [0.15, 0.2) is 0 Å². The van der Waals surface area contributed by atoms with Crippen molar-refractivity contribution in [3.05, 3.63) is 151 Å². The van der Waals surface area contributed by atoms with Gasteiger partial charge in [-0.05, 0) is 43.3 Å². The summed E-state index contributed by atoms with van der Waals surface area (Å²) in [5.74, 6) is 0. The number of aromatic nitrogens is 4. The van der Waals surface area contributed by atoms with E-state index in [1.165, 1.54) is 27.2 Å². The Morgan fingerprint density at radius 2 is 1.23 bits per heavy atom. The van der Waals surface area contributed by atoms with Gasteiger partial charge in [-0.1, -0.05) is 116 Å². The van der Waals surface area contributed by atoms with Crippen molar-refractivity contribution >= 4 is 66.7 Å². The molecule has 48 heavy (non-hydrogen) atoms. The monoisotopic (exact) mass is 616 g/mol. The van der Waals surface area contributed by atoms with Crippen molar-refractivity contribution in [2.45, 2.75) is 6.92 Å². The lowest BCUT2D eigenvalue weighted by Crippen LogP contribution is -2.01. The molecular formula is C44H32N4. The van der Waals surface area contributed by atoms with Crippen LogP contribution in [0.25, 0.3) is 94.9 Å². The number of pyridine rings is 2. The van der Waals surface area contributed by atoms with Gasteiger partial charge in [0.1, 0.15) is 0 Å². The maximum atomic E-state index is 5.41. The molecule has 9 aromatic rings. The van der Waals surface area contributed by atoms with Crippen LogP contribution in [0.5, 0.6) is 0 Å².